The number of hydrogen-bond donors (Lipinski definition) is 2. The Hall–Kier alpha value is -1.36. The summed E-state index contributed by atoms with van der Waals surface area (Å²) in [4.78, 5) is 22.1. The third-order valence-corrected chi connectivity index (χ3v) is 2.07. The SMILES string of the molecule is CC(C)(C)OC(=O)C=C1CNC(C(=O)O)C1. The van der Waals surface area contributed by atoms with E-state index in [-0.39, 0.29) is 0 Å². The summed E-state index contributed by atoms with van der Waals surface area (Å²) in [5.74, 6) is -1.32. The summed E-state index contributed by atoms with van der Waals surface area (Å²) in [6.07, 6.45) is 1.73. The van der Waals surface area contributed by atoms with Gasteiger partial charge in [0.1, 0.15) is 11.6 Å². The van der Waals surface area contributed by atoms with Gasteiger partial charge in [-0.15, -0.1) is 0 Å². The van der Waals surface area contributed by atoms with Gasteiger partial charge in [0.05, 0.1) is 0 Å². The molecule has 2 N–H and O–H groups in total. The molecule has 1 saturated heterocycles. The fourth-order valence-corrected chi connectivity index (χ4v) is 1.44. The molecule has 0 aromatic heterocycles. The van der Waals surface area contributed by atoms with Crippen molar-refractivity contribution in [3.05, 3.63) is 11.6 Å². The van der Waals surface area contributed by atoms with Crippen LogP contribution < -0.4 is 5.32 Å². The molecule has 1 aliphatic heterocycles. The zero-order chi connectivity index (χ0) is 12.3. The van der Waals surface area contributed by atoms with E-state index >= 15 is 0 Å². The third kappa shape index (κ3) is 4.02. The molecule has 1 rings (SSSR count). The second-order valence-corrected chi connectivity index (χ2v) is 4.81. The van der Waals surface area contributed by atoms with Crippen molar-refractivity contribution in [2.45, 2.75) is 38.8 Å². The number of ether oxygens (including phenoxy) is 1. The molecule has 0 aromatic rings. The second kappa shape index (κ2) is 4.65. The Labute approximate surface area is 94.5 Å². The molecule has 1 aliphatic rings. The topological polar surface area (TPSA) is 75.6 Å². The molecule has 0 radical (unpaired) electrons. The van der Waals surface area contributed by atoms with Crippen LogP contribution in [0.4, 0.5) is 0 Å². The minimum absolute atomic E-state index is 0.356. The van der Waals surface area contributed by atoms with Gasteiger partial charge in [0.2, 0.25) is 0 Å². The first-order chi connectivity index (χ1) is 7.28. The molecule has 0 amide bonds. The summed E-state index contributed by atoms with van der Waals surface area (Å²) in [6, 6.07) is -0.589. The number of carbonyl (C=O) groups is 2. The van der Waals surface area contributed by atoms with Crippen LogP contribution >= 0.6 is 0 Å². The number of esters is 1. The lowest BCUT2D eigenvalue weighted by Gasteiger charge is -2.18. The fraction of sp³-hybridized carbons (Fsp3) is 0.636. The van der Waals surface area contributed by atoms with Crippen molar-refractivity contribution in [1.82, 2.24) is 5.32 Å². The van der Waals surface area contributed by atoms with Crippen LogP contribution in [0.3, 0.4) is 0 Å². The Bertz CT molecular complexity index is 327. The van der Waals surface area contributed by atoms with Crippen LogP contribution in [-0.4, -0.2) is 35.2 Å². The lowest BCUT2D eigenvalue weighted by molar-refractivity contribution is -0.148. The van der Waals surface area contributed by atoms with Gasteiger partial charge < -0.3 is 15.2 Å². The first kappa shape index (κ1) is 12.7. The fourth-order valence-electron chi connectivity index (χ4n) is 1.44. The second-order valence-electron chi connectivity index (χ2n) is 4.81. The minimum Gasteiger partial charge on any atom is -0.480 e. The van der Waals surface area contributed by atoms with Gasteiger partial charge in [-0.05, 0) is 32.8 Å². The average molecular weight is 227 g/mol. The van der Waals surface area contributed by atoms with Crippen LogP contribution in [0, 0.1) is 0 Å². The van der Waals surface area contributed by atoms with Gasteiger partial charge in [0.25, 0.3) is 0 Å². The maximum atomic E-state index is 11.4. The number of carboxylic acid groups (broad SMARTS) is 1. The maximum absolute atomic E-state index is 11.4. The van der Waals surface area contributed by atoms with Crippen molar-refractivity contribution in [3.63, 3.8) is 0 Å². The number of nitrogens with one attached hydrogen (secondary N) is 1. The molecule has 1 heterocycles. The predicted octanol–water partition coefficient (Wildman–Crippen LogP) is 0.701. The molecule has 0 aliphatic carbocycles. The van der Waals surface area contributed by atoms with E-state index in [1.165, 1.54) is 6.08 Å². The van der Waals surface area contributed by atoms with Crippen molar-refractivity contribution >= 4 is 11.9 Å². The zero-order valence-electron chi connectivity index (χ0n) is 9.74. The Morgan fingerprint density at radius 2 is 2.12 bits per heavy atom. The van der Waals surface area contributed by atoms with E-state index in [2.05, 4.69) is 5.32 Å². The largest absolute Gasteiger partial charge is 0.480 e. The molecule has 0 saturated carbocycles. The van der Waals surface area contributed by atoms with Crippen LogP contribution in [0.15, 0.2) is 11.6 Å². The monoisotopic (exact) mass is 227 g/mol. The maximum Gasteiger partial charge on any atom is 0.331 e. The van der Waals surface area contributed by atoms with Crippen molar-refractivity contribution in [3.8, 4) is 0 Å². The minimum atomic E-state index is -0.896. The number of carbonyl (C=O) groups excluding carboxylic acids is 1. The van der Waals surface area contributed by atoms with Crippen LogP contribution in [0.2, 0.25) is 0 Å². The van der Waals surface area contributed by atoms with Gasteiger partial charge >= 0.3 is 11.9 Å². The summed E-state index contributed by atoms with van der Waals surface area (Å²) in [6.45, 7) is 5.79. The number of rotatable bonds is 2. The highest BCUT2D eigenvalue weighted by Gasteiger charge is 2.25. The van der Waals surface area contributed by atoms with E-state index in [0.29, 0.717) is 13.0 Å². The van der Waals surface area contributed by atoms with Crippen LogP contribution in [0.5, 0.6) is 0 Å². The standard InChI is InChI=1S/C11H17NO4/c1-11(2,3)16-9(13)5-7-4-8(10(14)15)12-6-7/h5,8,12H,4,6H2,1-3H3,(H,14,15). The van der Waals surface area contributed by atoms with E-state index in [1.54, 1.807) is 20.8 Å². The van der Waals surface area contributed by atoms with Gasteiger partial charge in [-0.25, -0.2) is 4.79 Å². The van der Waals surface area contributed by atoms with Crippen molar-refractivity contribution < 1.29 is 19.4 Å². The van der Waals surface area contributed by atoms with Gasteiger partial charge in [0, 0.05) is 12.6 Å². The van der Waals surface area contributed by atoms with E-state index < -0.39 is 23.6 Å². The molecule has 0 aromatic carbocycles. The number of aliphatic carboxylic acids is 1. The summed E-state index contributed by atoms with van der Waals surface area (Å²) < 4.78 is 5.10. The molecule has 1 fully saturated rings. The van der Waals surface area contributed by atoms with Crippen molar-refractivity contribution in [2.75, 3.05) is 6.54 Å². The molecule has 5 heteroatoms. The average Bonchev–Trinajstić information content (AvgIpc) is 2.48. The summed E-state index contributed by atoms with van der Waals surface area (Å²) >= 11 is 0. The summed E-state index contributed by atoms with van der Waals surface area (Å²) in [5.41, 5.74) is 0.244. The van der Waals surface area contributed by atoms with E-state index in [4.69, 9.17) is 9.84 Å². The third-order valence-electron chi connectivity index (χ3n) is 2.07. The number of carboxylic acids is 1. The first-order valence-corrected chi connectivity index (χ1v) is 5.16. The number of hydrogen-bond acceptors (Lipinski definition) is 4. The normalized spacial score (nSPS) is 23.4. The van der Waals surface area contributed by atoms with Gasteiger partial charge in [-0.1, -0.05) is 0 Å². The Kier molecular flexibility index (Phi) is 3.70. The molecule has 1 atom stereocenters. The van der Waals surface area contributed by atoms with Crippen LogP contribution in [0.25, 0.3) is 0 Å². The van der Waals surface area contributed by atoms with Crippen LogP contribution in [-0.2, 0) is 14.3 Å². The molecular formula is C11H17NO4. The summed E-state index contributed by atoms with van der Waals surface area (Å²) in [5, 5.41) is 11.5. The first-order valence-electron chi connectivity index (χ1n) is 5.16. The zero-order valence-corrected chi connectivity index (χ0v) is 9.74. The highest BCUT2D eigenvalue weighted by molar-refractivity contribution is 5.84. The van der Waals surface area contributed by atoms with Crippen molar-refractivity contribution in [1.29, 1.82) is 0 Å². The Morgan fingerprint density at radius 1 is 1.50 bits per heavy atom. The van der Waals surface area contributed by atoms with Gasteiger partial charge in [0.15, 0.2) is 0 Å². The predicted molar refractivity (Wildman–Crippen MR) is 58.0 cm³/mol. The molecule has 5 nitrogen and oxygen atoms in total. The van der Waals surface area contributed by atoms with Gasteiger partial charge in [-0.2, -0.15) is 0 Å². The molecular weight excluding hydrogens is 210 g/mol. The molecule has 0 spiro atoms. The van der Waals surface area contributed by atoms with Crippen molar-refractivity contribution in [2.24, 2.45) is 0 Å². The molecule has 1 unspecified atom stereocenters. The van der Waals surface area contributed by atoms with E-state index in [9.17, 15) is 9.59 Å². The highest BCUT2D eigenvalue weighted by atomic mass is 16.6. The van der Waals surface area contributed by atoms with Gasteiger partial charge in [-0.3, -0.25) is 4.79 Å². The highest BCUT2D eigenvalue weighted by Crippen LogP contribution is 2.14. The van der Waals surface area contributed by atoms with Crippen LogP contribution in [0.1, 0.15) is 27.2 Å². The Morgan fingerprint density at radius 3 is 2.56 bits per heavy atom. The Balaban J connectivity index is 2.53. The lowest BCUT2D eigenvalue weighted by Crippen LogP contribution is -2.29. The smallest absolute Gasteiger partial charge is 0.331 e. The van der Waals surface area contributed by atoms with E-state index in [1.807, 2.05) is 0 Å². The lowest BCUT2D eigenvalue weighted by atomic mass is 10.1. The quantitative estimate of drug-likeness (QED) is 0.536. The molecule has 90 valence electrons. The van der Waals surface area contributed by atoms with E-state index in [0.717, 1.165) is 5.57 Å². The molecule has 16 heavy (non-hydrogen) atoms. The molecule has 0 bridgehead atoms. The summed E-state index contributed by atoms with van der Waals surface area (Å²) in [7, 11) is 0.